The van der Waals surface area contributed by atoms with Gasteiger partial charge in [-0.2, -0.15) is 0 Å². The molecule has 0 unspecified atom stereocenters. The van der Waals surface area contributed by atoms with Gasteiger partial charge < -0.3 is 4.98 Å². The second kappa shape index (κ2) is 2.75. The van der Waals surface area contributed by atoms with Crippen molar-refractivity contribution in [2.24, 2.45) is 0 Å². The van der Waals surface area contributed by atoms with Gasteiger partial charge in [0.2, 0.25) is 0 Å². The van der Waals surface area contributed by atoms with Crippen LogP contribution in [0.25, 0.3) is 11.0 Å². The molecule has 0 saturated carbocycles. The Balaban J connectivity index is 2.88. The van der Waals surface area contributed by atoms with Crippen molar-refractivity contribution < 1.29 is 0 Å². The van der Waals surface area contributed by atoms with Crippen LogP contribution in [0, 0.1) is 6.92 Å². The second-order valence-corrected chi connectivity index (χ2v) is 3.93. The van der Waals surface area contributed by atoms with Crippen LogP contribution >= 0.6 is 27.5 Å². The summed E-state index contributed by atoms with van der Waals surface area (Å²) in [5, 5.41) is 0.670. The summed E-state index contributed by atoms with van der Waals surface area (Å²) in [6.07, 6.45) is 0. The summed E-state index contributed by atoms with van der Waals surface area (Å²) in [5.74, 6) is 0.880. The fraction of sp³-hybridized carbons (Fsp3) is 0.125. The third-order valence-corrected chi connectivity index (χ3v) is 2.37. The number of hydrogen-bond donors (Lipinski definition) is 1. The van der Waals surface area contributed by atoms with Crippen LogP contribution in [-0.2, 0) is 0 Å². The molecule has 0 bridgehead atoms. The number of hydrogen-bond acceptors (Lipinski definition) is 1. The molecule has 0 radical (unpaired) electrons. The van der Waals surface area contributed by atoms with E-state index in [0.29, 0.717) is 5.02 Å². The molecule has 2 nitrogen and oxygen atoms in total. The lowest BCUT2D eigenvalue weighted by atomic mass is 10.3. The van der Waals surface area contributed by atoms with Crippen LogP contribution in [0.3, 0.4) is 0 Å². The topological polar surface area (TPSA) is 28.7 Å². The van der Waals surface area contributed by atoms with E-state index in [9.17, 15) is 0 Å². The third-order valence-electron chi connectivity index (χ3n) is 1.62. The molecule has 2 aromatic rings. The number of aryl methyl sites for hydroxylation is 1. The van der Waals surface area contributed by atoms with E-state index in [1.807, 2.05) is 19.1 Å². The predicted molar refractivity (Wildman–Crippen MR) is 53.5 cm³/mol. The Kier molecular flexibility index (Phi) is 1.85. The lowest BCUT2D eigenvalue weighted by Gasteiger charge is -1.92. The molecule has 2 rings (SSSR count). The molecule has 4 heteroatoms. The van der Waals surface area contributed by atoms with Gasteiger partial charge in [0.25, 0.3) is 0 Å². The van der Waals surface area contributed by atoms with E-state index < -0.39 is 0 Å². The highest BCUT2D eigenvalue weighted by Gasteiger charge is 2.04. The van der Waals surface area contributed by atoms with Gasteiger partial charge in [0, 0.05) is 4.47 Å². The van der Waals surface area contributed by atoms with Crippen LogP contribution in [0.2, 0.25) is 5.02 Å². The average Bonchev–Trinajstić information content (AvgIpc) is 2.29. The largest absolute Gasteiger partial charge is 0.342 e. The zero-order chi connectivity index (χ0) is 8.72. The molecule has 62 valence electrons. The van der Waals surface area contributed by atoms with Gasteiger partial charge in [-0.15, -0.1) is 0 Å². The summed E-state index contributed by atoms with van der Waals surface area (Å²) in [5.41, 5.74) is 1.80. The number of aromatic amines is 1. The molecule has 0 aliphatic carbocycles. The molecular formula is C8H6BrClN2. The maximum atomic E-state index is 5.96. The van der Waals surface area contributed by atoms with E-state index in [-0.39, 0.29) is 0 Å². The van der Waals surface area contributed by atoms with E-state index in [2.05, 4.69) is 25.9 Å². The first kappa shape index (κ1) is 8.08. The number of nitrogens with one attached hydrogen (secondary N) is 1. The first-order valence-corrected chi connectivity index (χ1v) is 4.65. The molecule has 0 saturated heterocycles. The molecule has 1 aromatic heterocycles. The van der Waals surface area contributed by atoms with Crippen molar-refractivity contribution in [1.29, 1.82) is 0 Å². The smallest absolute Gasteiger partial charge is 0.107 e. The Bertz CT molecular complexity index is 436. The maximum Gasteiger partial charge on any atom is 0.107 e. The molecule has 12 heavy (non-hydrogen) atoms. The van der Waals surface area contributed by atoms with Gasteiger partial charge in [0.05, 0.1) is 10.5 Å². The van der Waals surface area contributed by atoms with Crippen molar-refractivity contribution in [3.63, 3.8) is 0 Å². The third kappa shape index (κ3) is 1.23. The standard InChI is InChI=1S/C8H6BrClN2/c1-4-11-7-3-5(9)2-6(10)8(7)12-4/h2-3H,1H3,(H,11,12). The summed E-state index contributed by atoms with van der Waals surface area (Å²) in [6.45, 7) is 1.91. The number of halogens is 2. The number of H-pyrrole nitrogens is 1. The van der Waals surface area contributed by atoms with Crippen molar-refractivity contribution in [3.8, 4) is 0 Å². The molecule has 1 aromatic carbocycles. The first-order valence-electron chi connectivity index (χ1n) is 3.48. The molecule has 1 N–H and O–H groups in total. The van der Waals surface area contributed by atoms with Crippen LogP contribution in [0.5, 0.6) is 0 Å². The Hall–Kier alpha value is -0.540. The summed E-state index contributed by atoms with van der Waals surface area (Å²) < 4.78 is 0.962. The Morgan fingerprint density at radius 2 is 2.25 bits per heavy atom. The van der Waals surface area contributed by atoms with Gasteiger partial charge in [-0.05, 0) is 19.1 Å². The number of fused-ring (bicyclic) bond motifs is 1. The van der Waals surface area contributed by atoms with Crippen molar-refractivity contribution >= 4 is 38.6 Å². The van der Waals surface area contributed by atoms with Gasteiger partial charge in [-0.1, -0.05) is 27.5 Å². The van der Waals surface area contributed by atoms with E-state index in [1.54, 1.807) is 0 Å². The number of rotatable bonds is 0. The molecule has 0 amide bonds. The average molecular weight is 246 g/mol. The highest BCUT2D eigenvalue weighted by Crippen LogP contribution is 2.25. The zero-order valence-corrected chi connectivity index (χ0v) is 8.70. The summed E-state index contributed by atoms with van der Waals surface area (Å²) >= 11 is 9.32. The van der Waals surface area contributed by atoms with Crippen LogP contribution in [0.15, 0.2) is 16.6 Å². The number of nitrogens with zero attached hydrogens (tertiary/aromatic N) is 1. The van der Waals surface area contributed by atoms with E-state index in [1.165, 1.54) is 0 Å². The summed E-state index contributed by atoms with van der Waals surface area (Å²) in [4.78, 5) is 7.36. The maximum absolute atomic E-state index is 5.96. The minimum atomic E-state index is 0.670. The number of aromatic nitrogens is 2. The highest BCUT2D eigenvalue weighted by atomic mass is 79.9. The highest BCUT2D eigenvalue weighted by molar-refractivity contribution is 9.10. The van der Waals surface area contributed by atoms with Crippen LogP contribution < -0.4 is 0 Å². The monoisotopic (exact) mass is 244 g/mol. The molecule has 1 heterocycles. The fourth-order valence-electron chi connectivity index (χ4n) is 1.17. The summed E-state index contributed by atoms with van der Waals surface area (Å²) in [7, 11) is 0. The number of imidazole rings is 1. The van der Waals surface area contributed by atoms with E-state index in [0.717, 1.165) is 21.3 Å². The lowest BCUT2D eigenvalue weighted by Crippen LogP contribution is -1.72. The van der Waals surface area contributed by atoms with Crippen molar-refractivity contribution in [1.82, 2.24) is 9.97 Å². The normalized spacial score (nSPS) is 10.9. The predicted octanol–water partition coefficient (Wildman–Crippen LogP) is 3.29. The molecule has 0 fully saturated rings. The van der Waals surface area contributed by atoms with Crippen molar-refractivity contribution in [3.05, 3.63) is 27.5 Å². The van der Waals surface area contributed by atoms with Crippen LogP contribution in [-0.4, -0.2) is 9.97 Å². The first-order chi connectivity index (χ1) is 5.66. The Labute approximate surface area is 83.1 Å². The Morgan fingerprint density at radius 3 is 3.00 bits per heavy atom. The number of benzene rings is 1. The van der Waals surface area contributed by atoms with Crippen molar-refractivity contribution in [2.45, 2.75) is 6.92 Å². The molecule has 0 aliphatic heterocycles. The molecule has 0 spiro atoms. The Morgan fingerprint density at radius 1 is 1.50 bits per heavy atom. The van der Waals surface area contributed by atoms with Gasteiger partial charge in [-0.25, -0.2) is 4.98 Å². The van der Waals surface area contributed by atoms with Crippen LogP contribution in [0.1, 0.15) is 5.82 Å². The fourth-order valence-corrected chi connectivity index (χ4v) is 2.02. The van der Waals surface area contributed by atoms with Crippen molar-refractivity contribution in [2.75, 3.05) is 0 Å². The molecule has 0 aliphatic rings. The van der Waals surface area contributed by atoms with E-state index >= 15 is 0 Å². The van der Waals surface area contributed by atoms with Gasteiger partial charge in [-0.3, -0.25) is 0 Å². The minimum Gasteiger partial charge on any atom is -0.342 e. The molecular weight excluding hydrogens is 239 g/mol. The van der Waals surface area contributed by atoms with E-state index in [4.69, 9.17) is 11.6 Å². The lowest BCUT2D eigenvalue weighted by molar-refractivity contribution is 1.17. The quantitative estimate of drug-likeness (QED) is 0.758. The van der Waals surface area contributed by atoms with Crippen LogP contribution in [0.4, 0.5) is 0 Å². The van der Waals surface area contributed by atoms with Gasteiger partial charge >= 0.3 is 0 Å². The van der Waals surface area contributed by atoms with Gasteiger partial charge in [0.15, 0.2) is 0 Å². The molecule has 0 atom stereocenters. The minimum absolute atomic E-state index is 0.670. The van der Waals surface area contributed by atoms with Gasteiger partial charge in [0.1, 0.15) is 11.3 Å². The SMILES string of the molecule is Cc1nc2c(Cl)cc(Br)cc2[nH]1. The second-order valence-electron chi connectivity index (χ2n) is 2.61. The summed E-state index contributed by atoms with van der Waals surface area (Å²) in [6, 6.07) is 3.80. The zero-order valence-electron chi connectivity index (χ0n) is 6.36.